The zero-order valence-electron chi connectivity index (χ0n) is 15.2. The second kappa shape index (κ2) is 7.21. The van der Waals surface area contributed by atoms with Crippen molar-refractivity contribution < 1.29 is 17.9 Å². The molecule has 0 spiro atoms. The van der Waals surface area contributed by atoms with Crippen molar-refractivity contribution in [3.8, 4) is 0 Å². The fourth-order valence-electron chi connectivity index (χ4n) is 3.36. The third-order valence-electron chi connectivity index (χ3n) is 4.85. The monoisotopic (exact) mass is 373 g/mol. The third kappa shape index (κ3) is 3.66. The van der Waals surface area contributed by atoms with Gasteiger partial charge in [0, 0.05) is 6.04 Å². The molecule has 0 aromatic heterocycles. The third-order valence-corrected chi connectivity index (χ3v) is 6.54. The van der Waals surface area contributed by atoms with E-state index in [4.69, 9.17) is 0 Å². The fraction of sp³-hybridized carbons (Fsp3) is 0.350. The van der Waals surface area contributed by atoms with Crippen LogP contribution in [0.1, 0.15) is 52.0 Å². The summed E-state index contributed by atoms with van der Waals surface area (Å²) >= 11 is 0. The summed E-state index contributed by atoms with van der Waals surface area (Å²) in [4.78, 5) is 11.8. The van der Waals surface area contributed by atoms with E-state index in [1.807, 2.05) is 13.0 Å². The number of esters is 1. The lowest BCUT2D eigenvalue weighted by Crippen LogP contribution is -2.27. The average Bonchev–Trinajstić information content (AvgIpc) is 3.08. The van der Waals surface area contributed by atoms with Crippen LogP contribution in [0.15, 0.2) is 41.3 Å². The first-order valence-corrected chi connectivity index (χ1v) is 10.1. The molecule has 26 heavy (non-hydrogen) atoms. The maximum atomic E-state index is 12.9. The Bertz CT molecular complexity index is 950. The average molecular weight is 373 g/mol. The molecule has 1 atom stereocenters. The van der Waals surface area contributed by atoms with Crippen molar-refractivity contribution in [2.45, 2.75) is 44.0 Å². The number of fused-ring (bicyclic) bond motifs is 1. The minimum atomic E-state index is -3.77. The van der Waals surface area contributed by atoms with Gasteiger partial charge in [-0.15, -0.1) is 0 Å². The maximum Gasteiger partial charge on any atom is 0.337 e. The van der Waals surface area contributed by atoms with Crippen molar-refractivity contribution in [3.63, 3.8) is 0 Å². The molecular formula is C20H23NO4S. The number of carbonyl (C=O) groups is 1. The van der Waals surface area contributed by atoms with Crippen LogP contribution in [0.25, 0.3) is 0 Å². The van der Waals surface area contributed by atoms with Gasteiger partial charge in [0.1, 0.15) is 0 Å². The molecule has 2 aromatic carbocycles. The van der Waals surface area contributed by atoms with E-state index in [2.05, 4.69) is 21.6 Å². The molecule has 0 saturated carbocycles. The van der Waals surface area contributed by atoms with Gasteiger partial charge in [-0.25, -0.2) is 17.9 Å². The van der Waals surface area contributed by atoms with Gasteiger partial charge in [-0.3, -0.25) is 0 Å². The van der Waals surface area contributed by atoms with Crippen LogP contribution in [-0.2, 0) is 27.6 Å². The van der Waals surface area contributed by atoms with Crippen molar-refractivity contribution in [2.75, 3.05) is 7.11 Å². The molecular weight excluding hydrogens is 350 g/mol. The van der Waals surface area contributed by atoms with Crippen molar-refractivity contribution >= 4 is 16.0 Å². The summed E-state index contributed by atoms with van der Waals surface area (Å²) in [5.41, 5.74) is 4.38. The quantitative estimate of drug-likeness (QED) is 0.816. The number of rotatable bonds is 5. The van der Waals surface area contributed by atoms with Gasteiger partial charge in [-0.05, 0) is 67.5 Å². The Balaban J connectivity index is 1.88. The number of benzene rings is 2. The molecule has 0 radical (unpaired) electrons. The molecule has 0 unspecified atom stereocenters. The highest BCUT2D eigenvalue weighted by molar-refractivity contribution is 7.89. The normalized spacial score (nSPS) is 14.7. The molecule has 5 nitrogen and oxygen atoms in total. The Hall–Kier alpha value is -2.18. The van der Waals surface area contributed by atoms with Crippen LogP contribution >= 0.6 is 0 Å². The Kier molecular flexibility index (Phi) is 5.16. The predicted molar refractivity (Wildman–Crippen MR) is 99.7 cm³/mol. The number of methoxy groups -OCH3 is 1. The zero-order valence-corrected chi connectivity index (χ0v) is 16.0. The topological polar surface area (TPSA) is 72.5 Å². The minimum Gasteiger partial charge on any atom is -0.465 e. The van der Waals surface area contributed by atoms with Crippen LogP contribution in [0.4, 0.5) is 0 Å². The molecule has 1 aliphatic rings. The van der Waals surface area contributed by atoms with Gasteiger partial charge in [0.2, 0.25) is 10.0 Å². The highest BCUT2D eigenvalue weighted by atomic mass is 32.2. The number of carbonyl (C=O) groups excluding carboxylic acids is 1. The largest absolute Gasteiger partial charge is 0.465 e. The molecule has 3 rings (SSSR count). The summed E-state index contributed by atoms with van der Waals surface area (Å²) in [6.45, 7) is 3.53. The van der Waals surface area contributed by atoms with Gasteiger partial charge in [0.25, 0.3) is 0 Å². The number of hydrogen-bond acceptors (Lipinski definition) is 4. The minimum absolute atomic E-state index is 0.0911. The molecule has 138 valence electrons. The highest BCUT2D eigenvalue weighted by Gasteiger charge is 2.23. The summed E-state index contributed by atoms with van der Waals surface area (Å²) in [6, 6.07) is 10.3. The molecule has 0 bridgehead atoms. The lowest BCUT2D eigenvalue weighted by molar-refractivity contribution is 0.0600. The highest BCUT2D eigenvalue weighted by Crippen LogP contribution is 2.27. The Labute approximate surface area is 154 Å². The van der Waals surface area contributed by atoms with Crippen molar-refractivity contribution in [1.82, 2.24) is 4.72 Å². The second-order valence-corrected chi connectivity index (χ2v) is 8.38. The van der Waals surface area contributed by atoms with E-state index in [-0.39, 0.29) is 16.5 Å². The summed E-state index contributed by atoms with van der Waals surface area (Å²) in [5, 5.41) is 0. The van der Waals surface area contributed by atoms with E-state index in [0.717, 1.165) is 24.8 Å². The van der Waals surface area contributed by atoms with Gasteiger partial charge in [-0.1, -0.05) is 24.3 Å². The van der Waals surface area contributed by atoms with E-state index < -0.39 is 16.0 Å². The summed E-state index contributed by atoms with van der Waals surface area (Å²) in [6.07, 6.45) is 3.29. The molecule has 0 saturated heterocycles. The lowest BCUT2D eigenvalue weighted by atomic mass is 10.0. The van der Waals surface area contributed by atoms with Crippen LogP contribution in [0, 0.1) is 6.92 Å². The first-order chi connectivity index (χ1) is 12.3. The smallest absolute Gasteiger partial charge is 0.337 e. The van der Waals surface area contributed by atoms with E-state index in [1.54, 1.807) is 19.1 Å². The predicted octanol–water partition coefficient (Wildman–Crippen LogP) is 3.31. The van der Waals surface area contributed by atoms with Crippen LogP contribution in [0.3, 0.4) is 0 Å². The summed E-state index contributed by atoms with van der Waals surface area (Å²) < 4.78 is 33.1. The zero-order chi connectivity index (χ0) is 18.9. The molecule has 1 N–H and O–H groups in total. The van der Waals surface area contributed by atoms with E-state index in [9.17, 15) is 13.2 Å². The van der Waals surface area contributed by atoms with Gasteiger partial charge >= 0.3 is 5.97 Å². The van der Waals surface area contributed by atoms with Gasteiger partial charge in [0.15, 0.2) is 0 Å². The number of nitrogens with one attached hydrogen (secondary N) is 1. The molecule has 6 heteroatoms. The Morgan fingerprint density at radius 1 is 1.12 bits per heavy atom. The Morgan fingerprint density at radius 3 is 2.58 bits per heavy atom. The molecule has 2 aromatic rings. The number of hydrogen-bond donors (Lipinski definition) is 1. The molecule has 0 fully saturated rings. The number of sulfonamides is 1. The van der Waals surface area contributed by atoms with Crippen LogP contribution < -0.4 is 4.72 Å². The standard InChI is InChI=1S/C20H23NO4S/c1-13-7-8-18(20(22)25-3)12-19(13)26(23,24)21-14(2)16-10-9-15-5-4-6-17(15)11-16/h7-12,14,21H,4-6H2,1-3H3/t14-/m0/s1. The van der Waals surface area contributed by atoms with E-state index >= 15 is 0 Å². The Morgan fingerprint density at radius 2 is 1.85 bits per heavy atom. The van der Waals surface area contributed by atoms with Crippen LogP contribution in [0.2, 0.25) is 0 Å². The molecule has 1 aliphatic carbocycles. The second-order valence-electron chi connectivity index (χ2n) is 6.70. The van der Waals surface area contributed by atoms with Gasteiger partial charge in [-0.2, -0.15) is 0 Å². The van der Waals surface area contributed by atoms with Crippen LogP contribution in [0.5, 0.6) is 0 Å². The maximum absolute atomic E-state index is 12.9. The van der Waals surface area contributed by atoms with Crippen molar-refractivity contribution in [2.24, 2.45) is 0 Å². The van der Waals surface area contributed by atoms with Gasteiger partial charge < -0.3 is 4.74 Å². The van der Waals surface area contributed by atoms with Crippen LogP contribution in [-0.4, -0.2) is 21.5 Å². The molecule has 0 aliphatic heterocycles. The van der Waals surface area contributed by atoms with E-state index in [1.165, 1.54) is 24.3 Å². The molecule has 0 amide bonds. The first-order valence-electron chi connectivity index (χ1n) is 8.65. The first kappa shape index (κ1) is 18.6. The lowest BCUT2D eigenvalue weighted by Gasteiger charge is -2.17. The van der Waals surface area contributed by atoms with Crippen molar-refractivity contribution in [3.05, 3.63) is 64.2 Å². The number of aryl methyl sites for hydroxylation is 3. The van der Waals surface area contributed by atoms with Gasteiger partial charge in [0.05, 0.1) is 17.6 Å². The summed E-state index contributed by atoms with van der Waals surface area (Å²) in [5.74, 6) is -0.562. The number of ether oxygens (including phenoxy) is 1. The fourth-order valence-corrected chi connectivity index (χ4v) is 4.86. The van der Waals surface area contributed by atoms with E-state index in [0.29, 0.717) is 5.56 Å². The SMILES string of the molecule is COC(=O)c1ccc(C)c(S(=O)(=O)N[C@@H](C)c2ccc3c(c2)CCC3)c1. The molecule has 0 heterocycles. The van der Waals surface area contributed by atoms with Crippen molar-refractivity contribution in [1.29, 1.82) is 0 Å². The summed E-state index contributed by atoms with van der Waals surface area (Å²) in [7, 11) is -2.51.